The fourth-order valence-corrected chi connectivity index (χ4v) is 6.32. The molecule has 0 saturated carbocycles. The molecule has 0 aliphatic carbocycles. The number of carbonyl (C=O) groups is 3. The third kappa shape index (κ3) is 7.34. The van der Waals surface area contributed by atoms with Crippen molar-refractivity contribution in [1.29, 1.82) is 0 Å². The Bertz CT molecular complexity index is 1400. The van der Waals surface area contributed by atoms with E-state index in [2.05, 4.69) is 4.72 Å². The molecule has 2 amide bonds. The lowest BCUT2D eigenvalue weighted by atomic mass is 9.96. The third-order valence-corrected chi connectivity index (χ3v) is 9.19. The van der Waals surface area contributed by atoms with Crippen molar-refractivity contribution < 1.29 is 27.2 Å². The van der Waals surface area contributed by atoms with E-state index in [9.17, 15) is 27.2 Å². The van der Waals surface area contributed by atoms with Crippen molar-refractivity contribution in [3.8, 4) is 0 Å². The summed E-state index contributed by atoms with van der Waals surface area (Å²) in [7, 11) is -2.91. The zero-order valence-electron chi connectivity index (χ0n) is 23.2. The Morgan fingerprint density at radius 1 is 1.15 bits per heavy atom. The lowest BCUT2D eigenvalue weighted by molar-refractivity contribution is -0.134. The lowest BCUT2D eigenvalue weighted by Gasteiger charge is -2.34. The van der Waals surface area contributed by atoms with Crippen molar-refractivity contribution in [3.63, 3.8) is 0 Å². The van der Waals surface area contributed by atoms with Crippen molar-refractivity contribution in [3.05, 3.63) is 52.4 Å². The Kier molecular flexibility index (Phi) is 9.85. The van der Waals surface area contributed by atoms with Crippen LogP contribution in [0.1, 0.15) is 67.9 Å². The molecule has 0 atom stereocenters. The average Bonchev–Trinajstić information content (AvgIpc) is 2.95. The summed E-state index contributed by atoms with van der Waals surface area (Å²) in [6, 6.07) is 6.53. The van der Waals surface area contributed by atoms with E-state index in [1.54, 1.807) is 11.0 Å². The smallest absolute Gasteiger partial charge is 0.325 e. The molecule has 4 rings (SSSR count). The molecule has 2 fully saturated rings. The number of hydrogen-bond acceptors (Lipinski definition) is 7. The Morgan fingerprint density at radius 3 is 2.46 bits per heavy atom. The number of benzene rings is 1. The molecule has 2 saturated heterocycles. The second-order valence-corrected chi connectivity index (χ2v) is 12.5. The maximum Gasteiger partial charge on any atom is 0.325 e. The van der Waals surface area contributed by atoms with E-state index in [-0.39, 0.29) is 23.9 Å². The molecule has 1 aromatic heterocycles. The van der Waals surface area contributed by atoms with Crippen LogP contribution in [0.4, 0.5) is 15.9 Å². The minimum Gasteiger partial charge on any atom is -0.355 e. The van der Waals surface area contributed by atoms with Gasteiger partial charge in [0.25, 0.3) is 0 Å². The van der Waals surface area contributed by atoms with Crippen LogP contribution in [0.5, 0.6) is 0 Å². The maximum atomic E-state index is 13.2. The molecular weight excluding hydrogens is 573 g/mol. The first-order chi connectivity index (χ1) is 19.5. The van der Waals surface area contributed by atoms with Gasteiger partial charge in [-0.1, -0.05) is 18.5 Å². The van der Waals surface area contributed by atoms with Crippen molar-refractivity contribution in [2.24, 2.45) is 5.92 Å². The average molecular weight is 608 g/mol. The monoisotopic (exact) mass is 607 g/mol. The summed E-state index contributed by atoms with van der Waals surface area (Å²) >= 11 is 6.61. The van der Waals surface area contributed by atoms with Crippen molar-refractivity contribution in [2.75, 3.05) is 35.9 Å². The number of Topliss-reactive ketones (excluding diaryl/α,β-unsaturated/α-hetero) is 1. The molecule has 0 unspecified atom stereocenters. The first kappa shape index (κ1) is 30.7. The molecule has 222 valence electrons. The molecule has 1 N–H and O–H groups in total. The fourth-order valence-electron chi connectivity index (χ4n) is 5.09. The molecule has 2 aliphatic heterocycles. The summed E-state index contributed by atoms with van der Waals surface area (Å²) in [4.78, 5) is 46.7. The summed E-state index contributed by atoms with van der Waals surface area (Å²) in [5.74, 6) is -1.24. The topological polar surface area (TPSA) is 120 Å². The molecule has 3 heterocycles. The van der Waals surface area contributed by atoms with Gasteiger partial charge in [0, 0.05) is 51.0 Å². The van der Waals surface area contributed by atoms with E-state index in [0.29, 0.717) is 73.8 Å². The molecule has 2 aromatic rings. The largest absolute Gasteiger partial charge is 0.355 e. The van der Waals surface area contributed by atoms with Crippen LogP contribution in [0, 0.1) is 11.7 Å². The maximum absolute atomic E-state index is 13.2. The molecule has 41 heavy (non-hydrogen) atoms. The highest BCUT2D eigenvalue weighted by molar-refractivity contribution is 7.91. The number of anilines is 2. The van der Waals surface area contributed by atoms with E-state index in [1.165, 1.54) is 19.2 Å². The van der Waals surface area contributed by atoms with Gasteiger partial charge in [-0.2, -0.15) is 8.42 Å². The zero-order chi connectivity index (χ0) is 29.7. The van der Waals surface area contributed by atoms with Crippen LogP contribution in [0.2, 0.25) is 5.02 Å². The van der Waals surface area contributed by atoms with Crippen LogP contribution in [-0.2, 0) is 26.3 Å². The van der Waals surface area contributed by atoms with Gasteiger partial charge in [-0.25, -0.2) is 14.1 Å². The van der Waals surface area contributed by atoms with Gasteiger partial charge in [0.2, 0.25) is 11.8 Å². The minimum absolute atomic E-state index is 0.0373. The number of aromatic nitrogens is 1. The Morgan fingerprint density at radius 2 is 1.83 bits per heavy atom. The van der Waals surface area contributed by atoms with Gasteiger partial charge < -0.3 is 9.80 Å². The van der Waals surface area contributed by atoms with Crippen molar-refractivity contribution in [1.82, 2.24) is 14.6 Å². The number of rotatable bonds is 10. The van der Waals surface area contributed by atoms with Crippen molar-refractivity contribution in [2.45, 2.75) is 58.4 Å². The van der Waals surface area contributed by atoms with Crippen LogP contribution in [0.3, 0.4) is 0 Å². The number of hydrogen-bond donors (Lipinski definition) is 1. The summed E-state index contributed by atoms with van der Waals surface area (Å²) in [5, 5.41) is 0.310. The normalized spacial score (nSPS) is 16.5. The second-order valence-electron chi connectivity index (χ2n) is 10.4. The van der Waals surface area contributed by atoms with Crippen LogP contribution >= 0.6 is 11.6 Å². The van der Waals surface area contributed by atoms with Gasteiger partial charge in [-0.05, 0) is 62.4 Å². The Labute approximate surface area is 245 Å². The predicted molar refractivity (Wildman–Crippen MR) is 155 cm³/mol. The van der Waals surface area contributed by atoms with E-state index in [1.807, 2.05) is 11.8 Å². The quantitative estimate of drug-likeness (QED) is 0.404. The van der Waals surface area contributed by atoms with Crippen LogP contribution in [0.25, 0.3) is 0 Å². The number of piperidine rings is 2. The molecular formula is C28H35ClFN5O5S. The van der Waals surface area contributed by atoms with E-state index in [0.717, 1.165) is 29.3 Å². The molecule has 13 heteroatoms. The van der Waals surface area contributed by atoms with Crippen LogP contribution in [0.15, 0.2) is 30.3 Å². The first-order valence-electron chi connectivity index (χ1n) is 13.8. The highest BCUT2D eigenvalue weighted by atomic mass is 35.5. The summed E-state index contributed by atoms with van der Waals surface area (Å²) in [5.41, 5.74) is 1.14. The first-order valence-corrected chi connectivity index (χ1v) is 15.6. The number of nitrogens with one attached hydrogen (secondary N) is 1. The minimum atomic E-state index is -4.19. The summed E-state index contributed by atoms with van der Waals surface area (Å²) in [6.45, 7) is 3.54. The number of pyridine rings is 1. The number of carbonyl (C=O) groups excluding carboxylic acids is 3. The van der Waals surface area contributed by atoms with Gasteiger partial charge in [0.15, 0.2) is 5.78 Å². The van der Waals surface area contributed by atoms with Crippen molar-refractivity contribution >= 4 is 50.9 Å². The highest BCUT2D eigenvalue weighted by Crippen LogP contribution is 2.32. The SMILES string of the molecule is CCCC(=O)c1cc(Cl)c(N2CCC(C(=O)NS(=O)(=O)N(C)c3ccc(F)cc3)CC2)nc1CN1CCCCC1=O. The number of likely N-dealkylation sites (tertiary alicyclic amines) is 1. The molecule has 10 nitrogen and oxygen atoms in total. The van der Waals surface area contributed by atoms with E-state index >= 15 is 0 Å². The lowest BCUT2D eigenvalue weighted by Crippen LogP contribution is -2.47. The third-order valence-electron chi connectivity index (χ3n) is 7.52. The number of ketones is 1. The van der Waals surface area contributed by atoms with Crippen LogP contribution < -0.4 is 13.9 Å². The van der Waals surface area contributed by atoms with Gasteiger partial charge in [0.1, 0.15) is 11.6 Å². The Hall–Kier alpha value is -3.25. The standard InChI is InChI=1S/C28H35ClFN5O5S/c1-3-6-25(36)22-17-23(29)27(31-24(22)18-35-14-5-4-7-26(35)37)34-15-12-19(13-16-34)28(38)32-41(39,40)33(2)21-10-8-20(30)9-11-21/h8-11,17,19H,3-7,12-16,18H2,1-2H3,(H,32,38). The van der Waals surface area contributed by atoms with Gasteiger partial charge >= 0.3 is 10.2 Å². The molecule has 1 aromatic carbocycles. The molecule has 0 spiro atoms. The second kappa shape index (κ2) is 13.2. The molecule has 2 aliphatic rings. The number of amides is 2. The van der Waals surface area contributed by atoms with E-state index in [4.69, 9.17) is 16.6 Å². The zero-order valence-corrected chi connectivity index (χ0v) is 24.8. The highest BCUT2D eigenvalue weighted by Gasteiger charge is 2.31. The molecule has 0 bridgehead atoms. The number of nitrogens with zero attached hydrogens (tertiary/aromatic N) is 4. The van der Waals surface area contributed by atoms with Crippen LogP contribution in [-0.4, -0.2) is 62.6 Å². The van der Waals surface area contributed by atoms with Gasteiger partial charge in [-0.15, -0.1) is 0 Å². The summed E-state index contributed by atoms with van der Waals surface area (Å²) in [6.07, 6.45) is 3.96. The van der Waals surface area contributed by atoms with E-state index < -0.39 is 27.9 Å². The predicted octanol–water partition coefficient (Wildman–Crippen LogP) is 4.08. The molecule has 0 radical (unpaired) electrons. The van der Waals surface area contributed by atoms with Gasteiger partial charge in [-0.3, -0.25) is 18.7 Å². The summed E-state index contributed by atoms with van der Waals surface area (Å²) < 4.78 is 41.8. The fraction of sp³-hybridized carbons (Fsp3) is 0.500. The van der Waals surface area contributed by atoms with Gasteiger partial charge in [0.05, 0.1) is 22.9 Å². The Balaban J connectivity index is 1.45. The number of halogens is 2.